The monoisotopic (exact) mass is 289 g/mol. The molecular weight excluding hydrogens is 266 g/mol. The standard InChI is InChI=1S/C16H23N3O2/c1-12-6-5-8-18-10-13(17-15(12)18)11-19(16(2,3)4)9-7-14(20)21/h5-6,8,10H,7,9,11H2,1-4H3,(H,20,21). The molecule has 0 spiro atoms. The van der Waals surface area contributed by atoms with Crippen molar-refractivity contribution >= 4 is 11.6 Å². The summed E-state index contributed by atoms with van der Waals surface area (Å²) in [5.74, 6) is -0.768. The average Bonchev–Trinajstić information content (AvgIpc) is 2.77. The number of rotatable bonds is 5. The molecule has 0 radical (unpaired) electrons. The quantitative estimate of drug-likeness (QED) is 0.919. The third kappa shape index (κ3) is 3.82. The van der Waals surface area contributed by atoms with Crippen LogP contribution < -0.4 is 0 Å². The van der Waals surface area contributed by atoms with E-state index in [1.807, 2.05) is 35.9 Å². The molecule has 5 nitrogen and oxygen atoms in total. The highest BCUT2D eigenvalue weighted by molar-refractivity contribution is 5.66. The number of carbonyl (C=O) groups is 1. The van der Waals surface area contributed by atoms with Crippen molar-refractivity contribution < 1.29 is 9.90 Å². The molecule has 2 aromatic rings. The number of carboxylic acid groups (broad SMARTS) is 1. The zero-order chi connectivity index (χ0) is 15.6. The largest absolute Gasteiger partial charge is 0.481 e. The molecule has 0 unspecified atom stereocenters. The predicted molar refractivity (Wildman–Crippen MR) is 82.3 cm³/mol. The highest BCUT2D eigenvalue weighted by Crippen LogP contribution is 2.18. The van der Waals surface area contributed by atoms with Gasteiger partial charge < -0.3 is 9.51 Å². The van der Waals surface area contributed by atoms with Gasteiger partial charge in [0.05, 0.1) is 12.1 Å². The van der Waals surface area contributed by atoms with Crippen molar-refractivity contribution in [3.8, 4) is 0 Å². The molecule has 21 heavy (non-hydrogen) atoms. The summed E-state index contributed by atoms with van der Waals surface area (Å²) in [6.45, 7) is 9.49. The van der Waals surface area contributed by atoms with E-state index in [1.54, 1.807) is 0 Å². The summed E-state index contributed by atoms with van der Waals surface area (Å²) in [5.41, 5.74) is 2.96. The minimum Gasteiger partial charge on any atom is -0.481 e. The number of pyridine rings is 1. The second kappa shape index (κ2) is 5.85. The topological polar surface area (TPSA) is 57.8 Å². The third-order valence-electron chi connectivity index (χ3n) is 3.62. The second-order valence-electron chi connectivity index (χ2n) is 6.39. The summed E-state index contributed by atoms with van der Waals surface area (Å²) in [7, 11) is 0. The van der Waals surface area contributed by atoms with Crippen LogP contribution in [0.1, 0.15) is 38.4 Å². The first-order valence-corrected chi connectivity index (χ1v) is 7.17. The smallest absolute Gasteiger partial charge is 0.304 e. The van der Waals surface area contributed by atoms with Crippen LogP contribution in [0.4, 0.5) is 0 Å². The van der Waals surface area contributed by atoms with Crippen LogP contribution in [-0.2, 0) is 11.3 Å². The maximum Gasteiger partial charge on any atom is 0.304 e. The highest BCUT2D eigenvalue weighted by atomic mass is 16.4. The van der Waals surface area contributed by atoms with Crippen molar-refractivity contribution in [1.82, 2.24) is 14.3 Å². The summed E-state index contributed by atoms with van der Waals surface area (Å²) in [4.78, 5) is 17.6. The van der Waals surface area contributed by atoms with Gasteiger partial charge in [0.1, 0.15) is 5.65 Å². The van der Waals surface area contributed by atoms with Crippen LogP contribution in [0.5, 0.6) is 0 Å². The van der Waals surface area contributed by atoms with E-state index in [4.69, 9.17) is 5.11 Å². The summed E-state index contributed by atoms with van der Waals surface area (Å²) in [5, 5.41) is 8.90. The first-order valence-electron chi connectivity index (χ1n) is 7.17. The number of hydrogen-bond donors (Lipinski definition) is 1. The third-order valence-corrected chi connectivity index (χ3v) is 3.62. The molecule has 0 aliphatic heterocycles. The van der Waals surface area contributed by atoms with Crippen molar-refractivity contribution in [2.75, 3.05) is 6.54 Å². The molecule has 5 heteroatoms. The van der Waals surface area contributed by atoms with E-state index in [1.165, 1.54) is 0 Å². The molecule has 0 fully saturated rings. The van der Waals surface area contributed by atoms with Crippen molar-refractivity contribution in [2.24, 2.45) is 0 Å². The van der Waals surface area contributed by atoms with Crippen molar-refractivity contribution in [1.29, 1.82) is 0 Å². The Morgan fingerprint density at radius 3 is 2.71 bits per heavy atom. The summed E-state index contributed by atoms with van der Waals surface area (Å²) in [6.07, 6.45) is 4.14. The van der Waals surface area contributed by atoms with E-state index in [-0.39, 0.29) is 12.0 Å². The van der Waals surface area contributed by atoms with Gasteiger partial charge in [-0.05, 0) is 39.3 Å². The van der Waals surface area contributed by atoms with Crippen molar-refractivity contribution in [2.45, 2.75) is 46.2 Å². The Morgan fingerprint density at radius 1 is 1.43 bits per heavy atom. The molecule has 0 aromatic carbocycles. The van der Waals surface area contributed by atoms with Gasteiger partial charge >= 0.3 is 5.97 Å². The molecule has 2 heterocycles. The molecule has 2 aromatic heterocycles. The molecular formula is C16H23N3O2. The normalized spacial score (nSPS) is 12.2. The van der Waals surface area contributed by atoms with Crippen molar-refractivity contribution in [3.63, 3.8) is 0 Å². The minimum atomic E-state index is -0.768. The van der Waals surface area contributed by atoms with Crippen LogP contribution in [0.25, 0.3) is 5.65 Å². The molecule has 0 aliphatic rings. The first-order chi connectivity index (χ1) is 9.77. The fourth-order valence-corrected chi connectivity index (χ4v) is 2.36. The molecule has 114 valence electrons. The van der Waals surface area contributed by atoms with Crippen molar-refractivity contribution in [3.05, 3.63) is 35.8 Å². The van der Waals surface area contributed by atoms with Gasteiger partial charge in [-0.25, -0.2) is 4.98 Å². The zero-order valence-corrected chi connectivity index (χ0v) is 13.1. The van der Waals surface area contributed by atoms with Gasteiger partial charge in [-0.3, -0.25) is 9.69 Å². The van der Waals surface area contributed by atoms with Gasteiger partial charge in [0, 0.05) is 31.0 Å². The van der Waals surface area contributed by atoms with Crippen LogP contribution in [0.2, 0.25) is 0 Å². The van der Waals surface area contributed by atoms with Gasteiger partial charge in [0.2, 0.25) is 0 Å². The number of nitrogens with zero attached hydrogens (tertiary/aromatic N) is 3. The van der Waals surface area contributed by atoms with E-state index < -0.39 is 5.97 Å². The average molecular weight is 289 g/mol. The lowest BCUT2D eigenvalue weighted by Gasteiger charge is -2.34. The Morgan fingerprint density at radius 2 is 2.14 bits per heavy atom. The van der Waals surface area contributed by atoms with Crippen LogP contribution in [0.15, 0.2) is 24.5 Å². The van der Waals surface area contributed by atoms with E-state index in [0.717, 1.165) is 16.9 Å². The minimum absolute atomic E-state index is 0.0969. The predicted octanol–water partition coefficient (Wildman–Crippen LogP) is 2.72. The zero-order valence-electron chi connectivity index (χ0n) is 13.1. The lowest BCUT2D eigenvalue weighted by Crippen LogP contribution is -2.42. The Labute approximate surface area is 125 Å². The Balaban J connectivity index is 2.21. The van der Waals surface area contributed by atoms with Gasteiger partial charge in [-0.1, -0.05) is 6.07 Å². The number of aromatic nitrogens is 2. The molecule has 1 N–H and O–H groups in total. The molecule has 0 saturated carbocycles. The lowest BCUT2D eigenvalue weighted by atomic mass is 10.1. The van der Waals surface area contributed by atoms with Crippen LogP contribution >= 0.6 is 0 Å². The summed E-state index contributed by atoms with van der Waals surface area (Å²) in [6, 6.07) is 4.04. The van der Waals surface area contributed by atoms with E-state index in [9.17, 15) is 4.79 Å². The fraction of sp³-hybridized carbons (Fsp3) is 0.500. The van der Waals surface area contributed by atoms with Gasteiger partial charge in [-0.2, -0.15) is 0 Å². The maximum absolute atomic E-state index is 10.8. The van der Waals surface area contributed by atoms with E-state index >= 15 is 0 Å². The van der Waals surface area contributed by atoms with E-state index in [2.05, 4.69) is 30.7 Å². The number of aryl methyl sites for hydroxylation is 1. The number of carboxylic acids is 1. The maximum atomic E-state index is 10.8. The fourth-order valence-electron chi connectivity index (χ4n) is 2.36. The summed E-state index contributed by atoms with van der Waals surface area (Å²) >= 11 is 0. The summed E-state index contributed by atoms with van der Waals surface area (Å²) < 4.78 is 2.02. The number of fused-ring (bicyclic) bond motifs is 1. The number of aliphatic carboxylic acids is 1. The SMILES string of the molecule is Cc1cccn2cc(CN(CCC(=O)O)C(C)(C)C)nc12. The molecule has 0 aliphatic carbocycles. The lowest BCUT2D eigenvalue weighted by molar-refractivity contribution is -0.137. The van der Waals surface area contributed by atoms with Crippen LogP contribution in [0.3, 0.4) is 0 Å². The Hall–Kier alpha value is -1.88. The second-order valence-corrected chi connectivity index (χ2v) is 6.39. The van der Waals surface area contributed by atoms with Gasteiger partial charge in [0.15, 0.2) is 0 Å². The first kappa shape index (κ1) is 15.5. The molecule has 2 rings (SSSR count). The molecule has 0 atom stereocenters. The molecule has 0 saturated heterocycles. The molecule has 0 bridgehead atoms. The Kier molecular flexibility index (Phi) is 4.32. The number of hydrogen-bond acceptors (Lipinski definition) is 3. The van der Waals surface area contributed by atoms with Crippen LogP contribution in [0, 0.1) is 6.92 Å². The van der Waals surface area contributed by atoms with Crippen LogP contribution in [-0.4, -0.2) is 37.4 Å². The van der Waals surface area contributed by atoms with E-state index in [0.29, 0.717) is 13.1 Å². The Bertz CT molecular complexity index is 640. The molecule has 0 amide bonds. The number of imidazole rings is 1. The van der Waals surface area contributed by atoms with Gasteiger partial charge in [0.25, 0.3) is 0 Å². The van der Waals surface area contributed by atoms with Gasteiger partial charge in [-0.15, -0.1) is 0 Å². The highest BCUT2D eigenvalue weighted by Gasteiger charge is 2.23.